The molecule has 0 saturated heterocycles. The lowest BCUT2D eigenvalue weighted by molar-refractivity contribution is -0.138. The number of ether oxygens (including phenoxy) is 2. The Kier molecular flexibility index (Phi) is 6.18. The number of hydrogen-bond donors (Lipinski definition) is 0. The number of para-hydroxylation sites is 1. The zero-order chi connectivity index (χ0) is 17.5. The maximum atomic E-state index is 13.7. The third-order valence-electron chi connectivity index (χ3n) is 3.71. The van der Waals surface area contributed by atoms with Crippen molar-refractivity contribution in [2.24, 2.45) is 0 Å². The van der Waals surface area contributed by atoms with Gasteiger partial charge in [0.15, 0.2) is 17.7 Å². The van der Waals surface area contributed by atoms with Crippen LogP contribution in [-0.2, 0) is 11.3 Å². The first-order chi connectivity index (χ1) is 11.5. The molecule has 2 rings (SSSR count). The van der Waals surface area contributed by atoms with Crippen LogP contribution in [-0.4, -0.2) is 31.1 Å². The number of rotatable bonds is 7. The van der Waals surface area contributed by atoms with Gasteiger partial charge in [-0.25, -0.2) is 4.39 Å². The van der Waals surface area contributed by atoms with Crippen molar-refractivity contribution in [3.63, 3.8) is 0 Å². The molecular formula is C19H22FNO3. The van der Waals surface area contributed by atoms with Gasteiger partial charge in [0, 0.05) is 13.6 Å². The fourth-order valence-electron chi connectivity index (χ4n) is 2.33. The monoisotopic (exact) mass is 331 g/mol. The molecule has 128 valence electrons. The van der Waals surface area contributed by atoms with Crippen LogP contribution in [0, 0.1) is 5.82 Å². The third-order valence-corrected chi connectivity index (χ3v) is 3.71. The van der Waals surface area contributed by atoms with Crippen molar-refractivity contribution in [1.29, 1.82) is 0 Å². The van der Waals surface area contributed by atoms with E-state index in [2.05, 4.69) is 0 Å². The summed E-state index contributed by atoms with van der Waals surface area (Å²) in [5.74, 6) is 0.204. The summed E-state index contributed by atoms with van der Waals surface area (Å²) in [7, 11) is 3.32. The van der Waals surface area contributed by atoms with Crippen molar-refractivity contribution in [3.8, 4) is 11.5 Å². The molecule has 0 radical (unpaired) electrons. The van der Waals surface area contributed by atoms with Crippen LogP contribution in [0.1, 0.15) is 18.9 Å². The second-order valence-corrected chi connectivity index (χ2v) is 5.49. The Labute approximate surface area is 141 Å². The van der Waals surface area contributed by atoms with Gasteiger partial charge in [0.05, 0.1) is 7.11 Å². The Hall–Kier alpha value is -2.56. The number of amides is 1. The summed E-state index contributed by atoms with van der Waals surface area (Å²) < 4.78 is 24.4. The SMILES string of the molecule is CC[C@@H](Oc1ccccc1F)C(=O)N(C)Cc1ccc(OC)cc1. The summed E-state index contributed by atoms with van der Waals surface area (Å²) in [6.45, 7) is 2.28. The lowest BCUT2D eigenvalue weighted by Gasteiger charge is -2.24. The number of carbonyl (C=O) groups is 1. The minimum absolute atomic E-state index is 0.0931. The molecule has 0 aliphatic rings. The van der Waals surface area contributed by atoms with Crippen molar-refractivity contribution >= 4 is 5.91 Å². The highest BCUT2D eigenvalue weighted by Gasteiger charge is 2.23. The first kappa shape index (κ1) is 17.8. The fraction of sp³-hybridized carbons (Fsp3) is 0.316. The topological polar surface area (TPSA) is 38.8 Å². The molecule has 0 aromatic heterocycles. The van der Waals surface area contributed by atoms with E-state index in [9.17, 15) is 9.18 Å². The van der Waals surface area contributed by atoms with Crippen LogP contribution in [0.25, 0.3) is 0 Å². The number of halogens is 1. The van der Waals surface area contributed by atoms with Crippen LogP contribution in [0.15, 0.2) is 48.5 Å². The van der Waals surface area contributed by atoms with E-state index in [-0.39, 0.29) is 11.7 Å². The molecule has 0 saturated carbocycles. The van der Waals surface area contributed by atoms with Gasteiger partial charge in [-0.15, -0.1) is 0 Å². The largest absolute Gasteiger partial charge is 0.497 e. The quantitative estimate of drug-likeness (QED) is 0.777. The van der Waals surface area contributed by atoms with Crippen molar-refractivity contribution < 1.29 is 18.7 Å². The Morgan fingerprint density at radius 3 is 2.42 bits per heavy atom. The van der Waals surface area contributed by atoms with Gasteiger partial charge < -0.3 is 14.4 Å². The summed E-state index contributed by atoms with van der Waals surface area (Å²) in [4.78, 5) is 14.2. The van der Waals surface area contributed by atoms with Gasteiger partial charge in [-0.1, -0.05) is 31.2 Å². The number of carbonyl (C=O) groups excluding carboxylic acids is 1. The number of likely N-dealkylation sites (N-methyl/N-ethyl adjacent to an activating group) is 1. The second kappa shape index (κ2) is 8.34. The van der Waals surface area contributed by atoms with Gasteiger partial charge in [-0.05, 0) is 36.2 Å². The summed E-state index contributed by atoms with van der Waals surface area (Å²) in [6, 6.07) is 13.6. The molecule has 0 heterocycles. The number of methoxy groups -OCH3 is 1. The summed E-state index contributed by atoms with van der Waals surface area (Å²) in [5.41, 5.74) is 0.979. The molecule has 0 spiro atoms. The van der Waals surface area contributed by atoms with Crippen LogP contribution in [0.2, 0.25) is 0 Å². The Morgan fingerprint density at radius 1 is 1.17 bits per heavy atom. The van der Waals surface area contributed by atoms with Gasteiger partial charge in [0.1, 0.15) is 5.75 Å². The molecule has 0 fully saturated rings. The van der Waals surface area contributed by atoms with Crippen LogP contribution >= 0.6 is 0 Å². The van der Waals surface area contributed by atoms with E-state index >= 15 is 0 Å². The maximum absolute atomic E-state index is 13.7. The van der Waals surface area contributed by atoms with E-state index in [4.69, 9.17) is 9.47 Å². The molecule has 1 amide bonds. The highest BCUT2D eigenvalue weighted by atomic mass is 19.1. The van der Waals surface area contributed by atoms with Gasteiger partial charge >= 0.3 is 0 Å². The normalized spacial score (nSPS) is 11.7. The third kappa shape index (κ3) is 4.47. The van der Waals surface area contributed by atoms with Crippen molar-refractivity contribution in [2.45, 2.75) is 26.0 Å². The van der Waals surface area contributed by atoms with E-state index in [1.54, 1.807) is 31.2 Å². The van der Waals surface area contributed by atoms with Crippen molar-refractivity contribution in [2.75, 3.05) is 14.2 Å². The lowest BCUT2D eigenvalue weighted by Crippen LogP contribution is -2.39. The summed E-state index contributed by atoms with van der Waals surface area (Å²) in [5, 5.41) is 0. The van der Waals surface area contributed by atoms with Crippen molar-refractivity contribution in [1.82, 2.24) is 4.90 Å². The average molecular weight is 331 g/mol. The molecule has 0 unspecified atom stereocenters. The van der Waals surface area contributed by atoms with Gasteiger partial charge in [0.2, 0.25) is 0 Å². The maximum Gasteiger partial charge on any atom is 0.263 e. The minimum atomic E-state index is -0.717. The molecule has 0 aliphatic heterocycles. The fourth-order valence-corrected chi connectivity index (χ4v) is 2.33. The molecule has 2 aromatic carbocycles. The number of hydrogen-bond acceptors (Lipinski definition) is 3. The number of nitrogens with zero attached hydrogens (tertiary/aromatic N) is 1. The van der Waals surface area contributed by atoms with E-state index in [0.717, 1.165) is 11.3 Å². The highest BCUT2D eigenvalue weighted by Crippen LogP contribution is 2.19. The van der Waals surface area contributed by atoms with E-state index in [0.29, 0.717) is 13.0 Å². The van der Waals surface area contributed by atoms with E-state index < -0.39 is 11.9 Å². The first-order valence-corrected chi connectivity index (χ1v) is 7.84. The molecule has 0 aliphatic carbocycles. The summed E-state index contributed by atoms with van der Waals surface area (Å²) in [6.07, 6.45) is -0.259. The van der Waals surface area contributed by atoms with Crippen LogP contribution in [0.5, 0.6) is 11.5 Å². The Morgan fingerprint density at radius 2 is 1.83 bits per heavy atom. The molecule has 0 bridgehead atoms. The van der Waals surface area contributed by atoms with Crippen LogP contribution < -0.4 is 9.47 Å². The first-order valence-electron chi connectivity index (χ1n) is 7.84. The lowest BCUT2D eigenvalue weighted by atomic mass is 10.2. The highest BCUT2D eigenvalue weighted by molar-refractivity contribution is 5.81. The van der Waals surface area contributed by atoms with Crippen LogP contribution in [0.4, 0.5) is 4.39 Å². The van der Waals surface area contributed by atoms with Gasteiger partial charge in [-0.3, -0.25) is 4.79 Å². The minimum Gasteiger partial charge on any atom is -0.497 e. The number of benzene rings is 2. The second-order valence-electron chi connectivity index (χ2n) is 5.49. The zero-order valence-corrected chi connectivity index (χ0v) is 14.2. The Balaban J connectivity index is 2.02. The molecule has 1 atom stereocenters. The predicted octanol–water partition coefficient (Wildman–Crippen LogP) is 3.65. The molecule has 24 heavy (non-hydrogen) atoms. The average Bonchev–Trinajstić information content (AvgIpc) is 2.61. The van der Waals surface area contributed by atoms with Gasteiger partial charge in [-0.2, -0.15) is 0 Å². The smallest absolute Gasteiger partial charge is 0.263 e. The van der Waals surface area contributed by atoms with Gasteiger partial charge in [0.25, 0.3) is 5.91 Å². The molecule has 2 aromatic rings. The van der Waals surface area contributed by atoms with E-state index in [1.807, 2.05) is 31.2 Å². The van der Waals surface area contributed by atoms with Crippen LogP contribution in [0.3, 0.4) is 0 Å². The Bertz CT molecular complexity index is 673. The molecule has 5 heteroatoms. The predicted molar refractivity (Wildman–Crippen MR) is 90.6 cm³/mol. The van der Waals surface area contributed by atoms with E-state index in [1.165, 1.54) is 12.1 Å². The standard InChI is InChI=1S/C19H22FNO3/c1-4-17(24-18-8-6-5-7-16(18)20)19(22)21(2)13-14-9-11-15(23-3)12-10-14/h5-12,17H,4,13H2,1-3H3/t17-/m1/s1. The molecular weight excluding hydrogens is 309 g/mol. The summed E-state index contributed by atoms with van der Waals surface area (Å²) >= 11 is 0. The molecule has 4 nitrogen and oxygen atoms in total. The zero-order valence-electron chi connectivity index (χ0n) is 14.2. The van der Waals surface area contributed by atoms with Crippen molar-refractivity contribution in [3.05, 3.63) is 59.9 Å². The molecule has 0 N–H and O–H groups in total.